The Hall–Kier alpha value is -0.810. The normalized spacial score (nSPS) is 54.0. The summed E-state index contributed by atoms with van der Waals surface area (Å²) in [6.07, 6.45) is 14.9. The predicted octanol–water partition coefficient (Wildman–Crippen LogP) is 3.57. The number of terminal acetylenes is 1. The van der Waals surface area contributed by atoms with Crippen molar-refractivity contribution < 1.29 is 9.90 Å². The van der Waals surface area contributed by atoms with Crippen LogP contribution in [0.2, 0.25) is 0 Å². The van der Waals surface area contributed by atoms with Gasteiger partial charge in [0, 0.05) is 11.8 Å². The molecule has 1 N–H and O–H groups in total. The van der Waals surface area contributed by atoms with E-state index in [9.17, 15) is 9.90 Å². The highest BCUT2D eigenvalue weighted by Gasteiger charge is 2.57. The van der Waals surface area contributed by atoms with E-state index in [0.717, 1.165) is 56.3 Å². The summed E-state index contributed by atoms with van der Waals surface area (Å²) in [4.78, 5) is 12.4. The van der Waals surface area contributed by atoms with Crippen LogP contribution in [0.25, 0.3) is 0 Å². The second-order valence-electron chi connectivity index (χ2n) is 8.77. The van der Waals surface area contributed by atoms with Crippen molar-refractivity contribution in [1.29, 1.82) is 0 Å². The van der Waals surface area contributed by atoms with Crippen LogP contribution >= 0.6 is 0 Å². The van der Waals surface area contributed by atoms with Crippen molar-refractivity contribution in [3.8, 4) is 12.3 Å². The number of hydrogen-bond acceptors (Lipinski definition) is 2. The maximum atomic E-state index is 12.4. The number of rotatable bonds is 0. The Morgan fingerprint density at radius 3 is 2.64 bits per heavy atom. The smallest absolute Gasteiger partial charge is 0.139 e. The summed E-state index contributed by atoms with van der Waals surface area (Å²) in [5.74, 6) is 6.70. The standard InChI is InChI=1S/C20H28O2/c1-3-20(22)11-9-14-13(12-20)4-5-16-15(14)8-10-19(2)17(16)6-7-18(19)21/h1,13-17,22H,4-12H2,2H3. The van der Waals surface area contributed by atoms with Gasteiger partial charge in [-0.25, -0.2) is 0 Å². The molecule has 2 heteroatoms. The number of hydrogen-bond donors (Lipinski definition) is 1. The number of carbonyl (C=O) groups excluding carboxylic acids is 1. The molecule has 4 fully saturated rings. The van der Waals surface area contributed by atoms with Crippen molar-refractivity contribution in [3.05, 3.63) is 0 Å². The average molecular weight is 300 g/mol. The van der Waals surface area contributed by atoms with Gasteiger partial charge in [0.15, 0.2) is 0 Å². The summed E-state index contributed by atoms with van der Waals surface area (Å²) in [6.45, 7) is 2.24. The van der Waals surface area contributed by atoms with Gasteiger partial charge in [-0.15, -0.1) is 6.42 Å². The second kappa shape index (κ2) is 4.84. The quantitative estimate of drug-likeness (QED) is 0.694. The van der Waals surface area contributed by atoms with Crippen molar-refractivity contribution in [1.82, 2.24) is 0 Å². The van der Waals surface area contributed by atoms with Crippen LogP contribution in [0.4, 0.5) is 0 Å². The van der Waals surface area contributed by atoms with Crippen molar-refractivity contribution in [3.63, 3.8) is 0 Å². The molecule has 4 aliphatic carbocycles. The second-order valence-corrected chi connectivity index (χ2v) is 8.77. The highest BCUT2D eigenvalue weighted by Crippen LogP contribution is 2.61. The van der Waals surface area contributed by atoms with Gasteiger partial charge in [0.1, 0.15) is 11.4 Å². The van der Waals surface area contributed by atoms with Gasteiger partial charge in [-0.2, -0.15) is 0 Å². The number of ketones is 1. The molecular weight excluding hydrogens is 272 g/mol. The molecule has 0 heterocycles. The van der Waals surface area contributed by atoms with Crippen molar-refractivity contribution in [2.45, 2.75) is 70.3 Å². The Morgan fingerprint density at radius 1 is 1.09 bits per heavy atom. The average Bonchev–Trinajstić information content (AvgIpc) is 2.82. The van der Waals surface area contributed by atoms with Crippen LogP contribution in [-0.2, 0) is 4.79 Å². The topological polar surface area (TPSA) is 37.3 Å². The van der Waals surface area contributed by atoms with Gasteiger partial charge in [-0.1, -0.05) is 12.8 Å². The zero-order valence-electron chi connectivity index (χ0n) is 13.7. The number of carbonyl (C=O) groups is 1. The Bertz CT molecular complexity index is 532. The molecule has 0 aromatic heterocycles. The van der Waals surface area contributed by atoms with Crippen LogP contribution in [0.1, 0.15) is 64.7 Å². The Kier molecular flexibility index (Phi) is 3.25. The lowest BCUT2D eigenvalue weighted by atomic mass is 9.50. The molecule has 0 bridgehead atoms. The highest BCUT2D eigenvalue weighted by atomic mass is 16.3. The summed E-state index contributed by atoms with van der Waals surface area (Å²) < 4.78 is 0. The third-order valence-corrected chi connectivity index (χ3v) is 7.99. The van der Waals surface area contributed by atoms with Gasteiger partial charge in [0.2, 0.25) is 0 Å². The van der Waals surface area contributed by atoms with Gasteiger partial charge in [0.05, 0.1) is 0 Å². The van der Waals surface area contributed by atoms with Gasteiger partial charge in [-0.05, 0) is 81.0 Å². The van der Waals surface area contributed by atoms with E-state index in [1.54, 1.807) is 0 Å². The highest BCUT2D eigenvalue weighted by molar-refractivity contribution is 5.87. The number of Topliss-reactive ketones (excluding diaryl/α,β-unsaturated/α-hetero) is 1. The molecule has 0 aromatic carbocycles. The molecule has 0 radical (unpaired) electrons. The first-order valence-corrected chi connectivity index (χ1v) is 9.20. The summed E-state index contributed by atoms with van der Waals surface area (Å²) >= 11 is 0. The van der Waals surface area contributed by atoms with E-state index in [1.807, 2.05) is 0 Å². The molecule has 7 atom stereocenters. The first-order chi connectivity index (χ1) is 10.5. The Balaban J connectivity index is 1.56. The van der Waals surface area contributed by atoms with E-state index < -0.39 is 5.60 Å². The first kappa shape index (κ1) is 14.8. The van der Waals surface area contributed by atoms with Gasteiger partial charge < -0.3 is 5.11 Å². The predicted molar refractivity (Wildman–Crippen MR) is 85.9 cm³/mol. The molecule has 7 unspecified atom stereocenters. The molecule has 120 valence electrons. The third-order valence-electron chi connectivity index (χ3n) is 7.99. The fraction of sp³-hybridized carbons (Fsp3) is 0.850. The van der Waals surface area contributed by atoms with Crippen LogP contribution in [-0.4, -0.2) is 16.5 Å². The molecule has 0 aliphatic heterocycles. The molecule has 4 rings (SSSR count). The summed E-state index contributed by atoms with van der Waals surface area (Å²) in [5.41, 5.74) is -0.858. The molecule has 2 nitrogen and oxygen atoms in total. The van der Waals surface area contributed by atoms with Crippen LogP contribution in [0.5, 0.6) is 0 Å². The minimum Gasteiger partial charge on any atom is -0.378 e. The molecule has 0 spiro atoms. The van der Waals surface area contributed by atoms with Crippen LogP contribution in [0, 0.1) is 47.3 Å². The summed E-state index contributed by atoms with van der Waals surface area (Å²) in [6, 6.07) is 0. The van der Waals surface area contributed by atoms with E-state index in [1.165, 1.54) is 19.3 Å². The molecule has 0 saturated heterocycles. The van der Waals surface area contributed by atoms with Gasteiger partial charge >= 0.3 is 0 Å². The lowest BCUT2D eigenvalue weighted by molar-refractivity contribution is -0.134. The molecule has 22 heavy (non-hydrogen) atoms. The molecule has 4 aliphatic rings. The summed E-state index contributed by atoms with van der Waals surface area (Å²) in [5, 5.41) is 10.5. The van der Waals surface area contributed by atoms with Crippen molar-refractivity contribution >= 4 is 5.78 Å². The fourth-order valence-corrected chi connectivity index (χ4v) is 6.78. The zero-order valence-corrected chi connectivity index (χ0v) is 13.7. The Morgan fingerprint density at radius 2 is 1.86 bits per heavy atom. The number of fused-ring (bicyclic) bond motifs is 5. The maximum Gasteiger partial charge on any atom is 0.139 e. The fourth-order valence-electron chi connectivity index (χ4n) is 6.78. The van der Waals surface area contributed by atoms with Gasteiger partial charge in [-0.3, -0.25) is 4.79 Å². The van der Waals surface area contributed by atoms with E-state index in [4.69, 9.17) is 6.42 Å². The van der Waals surface area contributed by atoms with Crippen LogP contribution < -0.4 is 0 Å². The monoisotopic (exact) mass is 300 g/mol. The lowest BCUT2D eigenvalue weighted by Gasteiger charge is -2.55. The van der Waals surface area contributed by atoms with E-state index in [-0.39, 0.29) is 5.41 Å². The number of aliphatic hydroxyl groups is 1. The van der Waals surface area contributed by atoms with Crippen molar-refractivity contribution in [2.75, 3.05) is 0 Å². The van der Waals surface area contributed by atoms with E-state index >= 15 is 0 Å². The molecular formula is C20H28O2. The minimum absolute atomic E-state index is 0.0117. The Labute approximate surface area is 134 Å². The minimum atomic E-state index is -0.847. The van der Waals surface area contributed by atoms with Gasteiger partial charge in [0.25, 0.3) is 0 Å². The SMILES string of the molecule is C#CC1(O)CCC2C(CCC3C2CCC2(C)C(=O)CCC32)C1. The zero-order chi connectivity index (χ0) is 15.5. The molecule has 0 aromatic rings. The van der Waals surface area contributed by atoms with E-state index in [0.29, 0.717) is 17.6 Å². The molecule has 0 amide bonds. The molecule has 4 saturated carbocycles. The first-order valence-electron chi connectivity index (χ1n) is 9.20. The van der Waals surface area contributed by atoms with E-state index in [2.05, 4.69) is 12.8 Å². The van der Waals surface area contributed by atoms with Crippen LogP contribution in [0.3, 0.4) is 0 Å². The largest absolute Gasteiger partial charge is 0.378 e. The third kappa shape index (κ3) is 1.94. The summed E-state index contributed by atoms with van der Waals surface area (Å²) in [7, 11) is 0. The van der Waals surface area contributed by atoms with Crippen molar-refractivity contribution in [2.24, 2.45) is 35.0 Å². The maximum absolute atomic E-state index is 12.4. The van der Waals surface area contributed by atoms with Crippen LogP contribution in [0.15, 0.2) is 0 Å². The lowest BCUT2D eigenvalue weighted by Crippen LogP contribution is -2.50.